The summed E-state index contributed by atoms with van der Waals surface area (Å²) in [7, 11) is 0. The molecule has 0 heterocycles. The monoisotopic (exact) mass is 198 g/mol. The van der Waals surface area contributed by atoms with E-state index in [0.717, 1.165) is 0 Å². The highest BCUT2D eigenvalue weighted by molar-refractivity contribution is 6.83. The molecule has 52 valence electrons. The van der Waals surface area contributed by atoms with E-state index in [9.17, 15) is 0 Å². The second-order valence-corrected chi connectivity index (χ2v) is 4.17. The minimum atomic E-state index is -1.61. The summed E-state index contributed by atoms with van der Waals surface area (Å²) in [5.74, 6) is 0. The van der Waals surface area contributed by atoms with Crippen LogP contribution in [0.2, 0.25) is 0 Å². The lowest BCUT2D eigenvalue weighted by molar-refractivity contribution is 0.318. The summed E-state index contributed by atoms with van der Waals surface area (Å²) >= 11 is 19.3. The van der Waals surface area contributed by atoms with Gasteiger partial charge in [0.1, 0.15) is 0 Å². The van der Waals surface area contributed by atoms with Gasteiger partial charge in [0, 0.05) is 6.61 Å². The van der Waals surface area contributed by atoms with Gasteiger partial charge < -0.3 is 5.11 Å². The van der Waals surface area contributed by atoms with Crippen molar-refractivity contribution in [2.45, 2.75) is 10.2 Å². The van der Waals surface area contributed by atoms with E-state index in [2.05, 4.69) is 0 Å². The van der Waals surface area contributed by atoms with Crippen molar-refractivity contribution in [3.63, 3.8) is 0 Å². The molecule has 0 aromatic carbocycles. The smallest absolute Gasteiger partial charge is 0.266 e. The summed E-state index contributed by atoms with van der Waals surface area (Å²) in [5, 5.41) is 7.57. The zero-order valence-corrected chi connectivity index (χ0v) is 7.19. The number of hydrogen-bond donors (Lipinski definition) is 1. The van der Waals surface area contributed by atoms with Crippen molar-refractivity contribution in [2.24, 2.45) is 0 Å². The summed E-state index contributed by atoms with van der Waals surface area (Å²) in [6.07, 6.45) is 0. The van der Waals surface area contributed by atoms with E-state index in [1.165, 1.54) is 0 Å². The first-order valence-electron chi connectivity index (χ1n) is 1.78. The van der Waals surface area contributed by atoms with E-state index in [4.69, 9.17) is 51.5 Å². The van der Waals surface area contributed by atoms with Gasteiger partial charge in [-0.1, -0.05) is 46.4 Å². The maximum atomic E-state index is 7.57. The maximum Gasteiger partial charge on any atom is 0.266 e. The predicted molar refractivity (Wildman–Crippen MR) is 38.9 cm³/mol. The fourth-order valence-electron chi connectivity index (χ4n) is 0. The van der Waals surface area contributed by atoms with E-state index in [1.807, 2.05) is 0 Å². The SMILES string of the molecule is CCO.ClC(Cl)(Cl)Cl. The minimum absolute atomic E-state index is 0.250. The Morgan fingerprint density at radius 3 is 1.25 bits per heavy atom. The first-order valence-corrected chi connectivity index (χ1v) is 3.29. The molecule has 0 saturated heterocycles. The van der Waals surface area contributed by atoms with E-state index in [-0.39, 0.29) is 6.61 Å². The van der Waals surface area contributed by atoms with Gasteiger partial charge in [-0.25, -0.2) is 0 Å². The Labute approximate surface area is 68.5 Å². The van der Waals surface area contributed by atoms with Crippen molar-refractivity contribution in [2.75, 3.05) is 6.61 Å². The highest BCUT2D eigenvalue weighted by Crippen LogP contribution is 2.29. The normalized spacial score (nSPS) is 9.75. The van der Waals surface area contributed by atoms with Crippen LogP contribution in [-0.2, 0) is 0 Å². The molecule has 0 aliphatic rings. The third-order valence-corrected chi connectivity index (χ3v) is 0. The van der Waals surface area contributed by atoms with Crippen LogP contribution in [0.4, 0.5) is 0 Å². The summed E-state index contributed by atoms with van der Waals surface area (Å²) in [5.41, 5.74) is 0. The highest BCUT2D eigenvalue weighted by atomic mass is 35.6. The first kappa shape index (κ1) is 11.9. The molecule has 0 spiro atoms. The molecule has 0 radical (unpaired) electrons. The molecule has 0 bridgehead atoms. The standard InChI is InChI=1S/C2H6O.CCl4/c1-2-3;2-1(3,4)5/h3H,2H2,1H3;. The number of halogens is 4. The molecule has 0 unspecified atom stereocenters. The van der Waals surface area contributed by atoms with E-state index in [1.54, 1.807) is 6.92 Å². The third-order valence-electron chi connectivity index (χ3n) is 0. The fraction of sp³-hybridized carbons (Fsp3) is 1.00. The zero-order valence-electron chi connectivity index (χ0n) is 4.17. The molecule has 1 nitrogen and oxygen atoms in total. The lowest BCUT2D eigenvalue weighted by Crippen LogP contribution is -1.81. The van der Waals surface area contributed by atoms with Gasteiger partial charge in [-0.15, -0.1) is 0 Å². The van der Waals surface area contributed by atoms with Crippen LogP contribution in [0.5, 0.6) is 0 Å². The summed E-state index contributed by atoms with van der Waals surface area (Å²) < 4.78 is -1.61. The number of aliphatic hydroxyl groups is 1. The van der Waals surface area contributed by atoms with Crippen LogP contribution in [0, 0.1) is 0 Å². The Hall–Kier alpha value is 1.12. The quantitative estimate of drug-likeness (QED) is 0.595. The van der Waals surface area contributed by atoms with Gasteiger partial charge in [0.05, 0.1) is 0 Å². The molecule has 0 aliphatic carbocycles. The zero-order chi connectivity index (χ0) is 7.21. The second-order valence-electron chi connectivity index (χ2n) is 0.745. The van der Waals surface area contributed by atoms with Crippen LogP contribution in [0.25, 0.3) is 0 Å². The van der Waals surface area contributed by atoms with Gasteiger partial charge in [0.15, 0.2) is 0 Å². The molecule has 1 N–H and O–H groups in total. The molecular weight excluding hydrogens is 194 g/mol. The Kier molecular flexibility index (Phi) is 9.26. The highest BCUT2D eigenvalue weighted by Gasteiger charge is 2.11. The van der Waals surface area contributed by atoms with Crippen molar-refractivity contribution in [3.8, 4) is 0 Å². The lowest BCUT2D eigenvalue weighted by Gasteiger charge is -1.91. The van der Waals surface area contributed by atoms with Crippen molar-refractivity contribution in [1.29, 1.82) is 0 Å². The van der Waals surface area contributed by atoms with Crippen LogP contribution in [-0.4, -0.2) is 15.0 Å². The summed E-state index contributed by atoms with van der Waals surface area (Å²) in [4.78, 5) is 0. The number of rotatable bonds is 0. The van der Waals surface area contributed by atoms with E-state index >= 15 is 0 Å². The third kappa shape index (κ3) is 213. The number of alkyl halides is 4. The van der Waals surface area contributed by atoms with Crippen LogP contribution >= 0.6 is 46.4 Å². The average Bonchev–Trinajstić information content (AvgIpc) is 1.27. The Balaban J connectivity index is 0. The van der Waals surface area contributed by atoms with Crippen molar-refractivity contribution in [1.82, 2.24) is 0 Å². The molecule has 0 aliphatic heterocycles. The van der Waals surface area contributed by atoms with E-state index < -0.39 is 3.25 Å². The van der Waals surface area contributed by atoms with Crippen molar-refractivity contribution >= 4 is 46.4 Å². The van der Waals surface area contributed by atoms with Crippen molar-refractivity contribution in [3.05, 3.63) is 0 Å². The van der Waals surface area contributed by atoms with Gasteiger partial charge in [-0.05, 0) is 6.92 Å². The molecule has 0 aromatic rings. The molecular formula is C3H6Cl4O. The van der Waals surface area contributed by atoms with Gasteiger partial charge in [0.2, 0.25) is 0 Å². The van der Waals surface area contributed by atoms with E-state index in [0.29, 0.717) is 0 Å². The largest absolute Gasteiger partial charge is 0.397 e. The molecule has 0 amide bonds. The lowest BCUT2D eigenvalue weighted by atomic mass is 10.9. The van der Waals surface area contributed by atoms with Gasteiger partial charge in [-0.3, -0.25) is 0 Å². The topological polar surface area (TPSA) is 20.2 Å². The van der Waals surface area contributed by atoms with Crippen LogP contribution in [0.1, 0.15) is 6.92 Å². The first-order chi connectivity index (χ1) is 3.41. The molecule has 0 saturated carbocycles. The van der Waals surface area contributed by atoms with Gasteiger partial charge in [0.25, 0.3) is 3.25 Å². The van der Waals surface area contributed by atoms with Gasteiger partial charge in [-0.2, -0.15) is 0 Å². The maximum absolute atomic E-state index is 7.57. The fourth-order valence-corrected chi connectivity index (χ4v) is 0. The Morgan fingerprint density at radius 2 is 1.25 bits per heavy atom. The van der Waals surface area contributed by atoms with Crippen molar-refractivity contribution < 1.29 is 5.11 Å². The van der Waals surface area contributed by atoms with Crippen LogP contribution in [0.3, 0.4) is 0 Å². The Morgan fingerprint density at radius 1 is 1.25 bits per heavy atom. The minimum Gasteiger partial charge on any atom is -0.397 e. The molecule has 0 rings (SSSR count). The average molecular weight is 200 g/mol. The van der Waals surface area contributed by atoms with Crippen LogP contribution in [0.15, 0.2) is 0 Å². The molecule has 0 aromatic heterocycles. The molecule has 0 atom stereocenters. The van der Waals surface area contributed by atoms with Crippen LogP contribution < -0.4 is 0 Å². The second kappa shape index (κ2) is 6.24. The summed E-state index contributed by atoms with van der Waals surface area (Å²) in [6.45, 7) is 1.93. The summed E-state index contributed by atoms with van der Waals surface area (Å²) in [6, 6.07) is 0. The van der Waals surface area contributed by atoms with Gasteiger partial charge >= 0.3 is 0 Å². The predicted octanol–water partition coefficient (Wildman–Crippen LogP) is 2.55. The number of aliphatic hydroxyl groups excluding tert-OH is 1. The number of hydrogen-bond acceptors (Lipinski definition) is 1. The molecule has 8 heavy (non-hydrogen) atoms. The Bertz CT molecular complexity index is 35.0. The molecule has 0 fully saturated rings. The molecule has 5 heteroatoms.